The van der Waals surface area contributed by atoms with Gasteiger partial charge in [-0.3, -0.25) is 0 Å². The predicted molar refractivity (Wildman–Crippen MR) is 251 cm³/mol. The van der Waals surface area contributed by atoms with Gasteiger partial charge in [-0.15, -0.1) is 0 Å². The lowest BCUT2D eigenvalue weighted by Crippen LogP contribution is -2.16. The highest BCUT2D eigenvalue weighted by molar-refractivity contribution is 6.26. The number of hydrogen-bond acceptors (Lipinski definition) is 2. The van der Waals surface area contributed by atoms with Crippen molar-refractivity contribution in [3.05, 3.63) is 230 Å². The summed E-state index contributed by atoms with van der Waals surface area (Å²) < 4.78 is 0. The molecule has 59 heavy (non-hydrogen) atoms. The van der Waals surface area contributed by atoms with E-state index < -0.39 is 0 Å². The third-order valence-electron chi connectivity index (χ3n) is 12.4. The lowest BCUT2D eigenvalue weighted by atomic mass is 9.82. The van der Waals surface area contributed by atoms with Gasteiger partial charge in [0.25, 0.3) is 0 Å². The molecule has 0 bridgehead atoms. The highest BCUT2D eigenvalue weighted by atomic mass is 15.1. The monoisotopic (exact) mass is 754 g/mol. The second-order valence-electron chi connectivity index (χ2n) is 16.2. The Labute approximate surface area is 345 Å². The first-order valence-electron chi connectivity index (χ1n) is 20.5. The van der Waals surface area contributed by atoms with Crippen molar-refractivity contribution in [2.24, 2.45) is 0 Å². The fourth-order valence-corrected chi connectivity index (χ4v) is 9.52. The van der Waals surface area contributed by atoms with Crippen molar-refractivity contribution in [3.63, 3.8) is 0 Å². The van der Waals surface area contributed by atoms with Crippen LogP contribution in [0.5, 0.6) is 0 Å². The van der Waals surface area contributed by atoms with Crippen LogP contribution in [0.25, 0.3) is 54.6 Å². The van der Waals surface area contributed by atoms with Crippen LogP contribution in [0.15, 0.2) is 218 Å². The third-order valence-corrected chi connectivity index (χ3v) is 12.4. The molecule has 0 heterocycles. The van der Waals surface area contributed by atoms with Crippen LogP contribution in [0.3, 0.4) is 0 Å². The standard InChI is InChI=1S/C57H42N2/c1-57(2)55-25-15-14-24-51(55)52-35-32-46(38-56(52)57)59(43-28-26-40(27-29-43)39-16-6-3-7-17-39)45-31-34-50-49-33-30-44(36-53(49)47-22-12-13-23-48(47)54(50)37-45)58(41-18-8-4-9-19-41)42-20-10-5-11-21-42/h3-38H,1-2H3. The third kappa shape index (κ3) is 5.79. The normalized spacial score (nSPS) is 12.7. The zero-order chi connectivity index (χ0) is 39.5. The Morgan fingerprint density at radius 3 is 1.25 bits per heavy atom. The summed E-state index contributed by atoms with van der Waals surface area (Å²) in [6.07, 6.45) is 0. The van der Waals surface area contributed by atoms with Gasteiger partial charge in [0.15, 0.2) is 0 Å². The molecule has 2 nitrogen and oxygen atoms in total. The van der Waals surface area contributed by atoms with Gasteiger partial charge in [-0.05, 0) is 138 Å². The van der Waals surface area contributed by atoms with Crippen molar-refractivity contribution in [2.75, 3.05) is 9.80 Å². The Bertz CT molecular complexity index is 3110. The number of hydrogen-bond donors (Lipinski definition) is 0. The molecule has 0 fully saturated rings. The van der Waals surface area contributed by atoms with E-state index in [1.54, 1.807) is 0 Å². The highest BCUT2D eigenvalue weighted by Crippen LogP contribution is 2.51. The maximum atomic E-state index is 2.44. The molecule has 11 rings (SSSR count). The topological polar surface area (TPSA) is 6.48 Å². The Kier molecular flexibility index (Phi) is 8.20. The summed E-state index contributed by atoms with van der Waals surface area (Å²) in [5.41, 5.74) is 14.5. The van der Waals surface area contributed by atoms with Gasteiger partial charge in [0.05, 0.1) is 0 Å². The van der Waals surface area contributed by atoms with Gasteiger partial charge in [-0.2, -0.15) is 0 Å². The summed E-state index contributed by atoms with van der Waals surface area (Å²) in [5.74, 6) is 0. The average molecular weight is 755 g/mol. The number of benzene rings is 10. The summed E-state index contributed by atoms with van der Waals surface area (Å²) in [6, 6.07) is 79.8. The van der Waals surface area contributed by atoms with Gasteiger partial charge >= 0.3 is 0 Å². The summed E-state index contributed by atoms with van der Waals surface area (Å²) in [5, 5.41) is 7.44. The average Bonchev–Trinajstić information content (AvgIpc) is 3.53. The van der Waals surface area contributed by atoms with Crippen molar-refractivity contribution in [2.45, 2.75) is 19.3 Å². The van der Waals surface area contributed by atoms with Gasteiger partial charge in [-0.1, -0.05) is 159 Å². The van der Waals surface area contributed by atoms with Crippen LogP contribution >= 0.6 is 0 Å². The molecule has 280 valence electrons. The van der Waals surface area contributed by atoms with Crippen molar-refractivity contribution in [3.8, 4) is 22.3 Å². The minimum atomic E-state index is -0.112. The van der Waals surface area contributed by atoms with Crippen LogP contribution in [0, 0.1) is 0 Å². The molecule has 2 heteroatoms. The van der Waals surface area contributed by atoms with Crippen LogP contribution in [0.2, 0.25) is 0 Å². The van der Waals surface area contributed by atoms with Crippen LogP contribution in [-0.4, -0.2) is 0 Å². The zero-order valence-electron chi connectivity index (χ0n) is 33.2. The van der Waals surface area contributed by atoms with E-state index in [9.17, 15) is 0 Å². The number of fused-ring (bicyclic) bond motifs is 9. The lowest BCUT2D eigenvalue weighted by molar-refractivity contribution is 0.660. The van der Waals surface area contributed by atoms with Crippen LogP contribution < -0.4 is 9.80 Å². The Morgan fingerprint density at radius 2 is 0.661 bits per heavy atom. The maximum absolute atomic E-state index is 2.44. The molecule has 1 aliphatic carbocycles. The van der Waals surface area contributed by atoms with Gasteiger partial charge in [-0.25, -0.2) is 0 Å². The van der Waals surface area contributed by atoms with Gasteiger partial charge < -0.3 is 9.80 Å². The van der Waals surface area contributed by atoms with E-state index in [1.807, 2.05) is 0 Å². The number of anilines is 6. The first kappa shape index (κ1) is 34.8. The molecule has 0 aliphatic heterocycles. The van der Waals surface area contributed by atoms with E-state index in [0.717, 1.165) is 34.1 Å². The Balaban J connectivity index is 1.10. The smallest absolute Gasteiger partial charge is 0.0468 e. The van der Waals surface area contributed by atoms with Crippen molar-refractivity contribution < 1.29 is 0 Å². The van der Waals surface area contributed by atoms with E-state index in [-0.39, 0.29) is 5.41 Å². The van der Waals surface area contributed by atoms with Crippen LogP contribution in [0.4, 0.5) is 34.1 Å². The summed E-state index contributed by atoms with van der Waals surface area (Å²) in [6.45, 7) is 4.72. The molecule has 10 aromatic rings. The van der Waals surface area contributed by atoms with E-state index in [1.165, 1.54) is 65.7 Å². The molecule has 0 atom stereocenters. The quantitative estimate of drug-likeness (QED) is 0.150. The van der Waals surface area contributed by atoms with Crippen molar-refractivity contribution in [1.29, 1.82) is 0 Å². The molecule has 0 saturated carbocycles. The van der Waals surface area contributed by atoms with E-state index in [4.69, 9.17) is 0 Å². The van der Waals surface area contributed by atoms with Crippen molar-refractivity contribution >= 4 is 66.4 Å². The van der Waals surface area contributed by atoms with Crippen LogP contribution in [-0.2, 0) is 5.41 Å². The zero-order valence-corrected chi connectivity index (χ0v) is 33.2. The molecular weight excluding hydrogens is 713 g/mol. The van der Waals surface area contributed by atoms with E-state index in [0.29, 0.717) is 0 Å². The SMILES string of the molecule is CC1(C)c2ccccc2-c2ccc(N(c3ccc(-c4ccccc4)cc3)c3ccc4c5ccc(N(c6ccccc6)c6ccccc6)cc5c5ccccc5c4c3)cc21. The molecule has 0 saturated heterocycles. The fourth-order valence-electron chi connectivity index (χ4n) is 9.52. The number of rotatable bonds is 7. The maximum Gasteiger partial charge on any atom is 0.0468 e. The summed E-state index contributed by atoms with van der Waals surface area (Å²) >= 11 is 0. The number of para-hydroxylation sites is 2. The minimum Gasteiger partial charge on any atom is -0.310 e. The molecule has 0 spiro atoms. The Hall–Kier alpha value is -7.42. The minimum absolute atomic E-state index is 0.112. The van der Waals surface area contributed by atoms with Crippen LogP contribution in [0.1, 0.15) is 25.0 Å². The molecule has 0 radical (unpaired) electrons. The second-order valence-corrected chi connectivity index (χ2v) is 16.2. The summed E-state index contributed by atoms with van der Waals surface area (Å²) in [7, 11) is 0. The second kappa shape index (κ2) is 13.9. The number of nitrogens with zero attached hydrogens (tertiary/aromatic N) is 2. The van der Waals surface area contributed by atoms with Crippen molar-refractivity contribution in [1.82, 2.24) is 0 Å². The molecule has 0 amide bonds. The lowest BCUT2D eigenvalue weighted by Gasteiger charge is -2.29. The molecule has 1 aliphatic rings. The molecule has 0 aromatic heterocycles. The van der Waals surface area contributed by atoms with Gasteiger partial charge in [0.1, 0.15) is 0 Å². The van der Waals surface area contributed by atoms with E-state index in [2.05, 4.69) is 242 Å². The molecule has 0 N–H and O–H groups in total. The largest absolute Gasteiger partial charge is 0.310 e. The Morgan fingerprint density at radius 1 is 0.271 bits per heavy atom. The predicted octanol–water partition coefficient (Wildman–Crippen LogP) is 16.1. The first-order valence-corrected chi connectivity index (χ1v) is 20.5. The molecule has 0 unspecified atom stereocenters. The molecular formula is C57H42N2. The fraction of sp³-hybridized carbons (Fsp3) is 0.0526. The van der Waals surface area contributed by atoms with Gasteiger partial charge in [0.2, 0.25) is 0 Å². The summed E-state index contributed by atoms with van der Waals surface area (Å²) in [4.78, 5) is 4.78. The van der Waals surface area contributed by atoms with Gasteiger partial charge in [0, 0.05) is 39.5 Å². The van der Waals surface area contributed by atoms with E-state index >= 15 is 0 Å². The highest BCUT2D eigenvalue weighted by Gasteiger charge is 2.35. The molecule has 10 aromatic carbocycles. The first-order chi connectivity index (χ1) is 29.0.